The smallest absolute Gasteiger partial charge is 0.337 e. The number of ether oxygens (including phenoxy) is 3. The molecule has 0 radical (unpaired) electrons. The Labute approximate surface area is 231 Å². The van der Waals surface area contributed by atoms with Crippen LogP contribution in [0.1, 0.15) is 63.0 Å². The first-order valence-corrected chi connectivity index (χ1v) is 13.1. The van der Waals surface area contributed by atoms with E-state index in [9.17, 15) is 19.7 Å². The molecule has 206 valence electrons. The van der Waals surface area contributed by atoms with Gasteiger partial charge in [-0.3, -0.25) is 14.9 Å². The van der Waals surface area contributed by atoms with Crippen LogP contribution in [0.3, 0.4) is 0 Å². The van der Waals surface area contributed by atoms with E-state index in [2.05, 4.69) is 5.32 Å². The van der Waals surface area contributed by atoms with Gasteiger partial charge in [-0.05, 0) is 61.9 Å². The van der Waals surface area contributed by atoms with E-state index in [1.54, 1.807) is 34.1 Å². The Bertz CT molecular complexity index is 1400. The van der Waals surface area contributed by atoms with E-state index in [0.29, 0.717) is 46.9 Å². The molecule has 0 amide bonds. The molecule has 3 atom stereocenters. The van der Waals surface area contributed by atoms with Crippen LogP contribution in [0.2, 0.25) is 5.02 Å². The summed E-state index contributed by atoms with van der Waals surface area (Å²) in [6, 6.07) is 9.62. The van der Waals surface area contributed by atoms with Crippen molar-refractivity contribution in [1.82, 2.24) is 5.32 Å². The van der Waals surface area contributed by atoms with E-state index >= 15 is 0 Å². The van der Waals surface area contributed by atoms with Crippen molar-refractivity contribution in [1.29, 1.82) is 0 Å². The highest BCUT2D eigenvalue weighted by molar-refractivity contribution is 6.31. The summed E-state index contributed by atoms with van der Waals surface area (Å²) in [5, 5.41) is 15.1. The summed E-state index contributed by atoms with van der Waals surface area (Å²) >= 11 is 6.57. The van der Waals surface area contributed by atoms with Crippen LogP contribution in [0, 0.1) is 10.1 Å². The third-order valence-electron chi connectivity index (χ3n) is 7.31. The van der Waals surface area contributed by atoms with E-state index in [0.717, 1.165) is 5.56 Å². The molecule has 1 N–H and O–H groups in total. The van der Waals surface area contributed by atoms with Crippen LogP contribution in [0.4, 0.5) is 5.69 Å². The topological polar surface area (TPSA) is 117 Å². The highest BCUT2D eigenvalue weighted by Crippen LogP contribution is 2.48. The second-order valence-corrected chi connectivity index (χ2v) is 10.1. The van der Waals surface area contributed by atoms with Crippen molar-refractivity contribution < 1.29 is 28.7 Å². The first kappa shape index (κ1) is 28.2. The molecule has 1 aliphatic carbocycles. The highest BCUT2D eigenvalue weighted by atomic mass is 35.5. The van der Waals surface area contributed by atoms with Crippen LogP contribution >= 0.6 is 11.6 Å². The molecule has 2 aromatic carbocycles. The standard InChI is InChI=1S/C29H31ClN2O7/c1-6-15(2)39-29(34)26-16(3)31-22-11-18(17-7-10-24(37-4)25(13-17)38-5)12-23(33)28(22)27(26)20-14-19(32(35)36)8-9-21(20)30/h7-10,13-15,18,27,31H,6,11-12H2,1-5H3/t15-,18+,27-/m0/s1. The summed E-state index contributed by atoms with van der Waals surface area (Å²) in [6.07, 6.45) is 0.898. The summed E-state index contributed by atoms with van der Waals surface area (Å²) in [6.45, 7) is 5.41. The van der Waals surface area contributed by atoms with Crippen molar-refractivity contribution in [3.05, 3.63) is 85.2 Å². The number of dihydropyridines is 1. The predicted octanol–water partition coefficient (Wildman–Crippen LogP) is 5.97. The number of allylic oxidation sites excluding steroid dienone is 3. The summed E-state index contributed by atoms with van der Waals surface area (Å²) < 4.78 is 16.5. The van der Waals surface area contributed by atoms with Crippen LogP contribution in [-0.2, 0) is 14.3 Å². The van der Waals surface area contributed by atoms with Gasteiger partial charge in [-0.15, -0.1) is 0 Å². The fourth-order valence-electron chi connectivity index (χ4n) is 5.16. The molecule has 39 heavy (non-hydrogen) atoms. The molecular weight excluding hydrogens is 524 g/mol. The maximum Gasteiger partial charge on any atom is 0.337 e. The van der Waals surface area contributed by atoms with Gasteiger partial charge in [0, 0.05) is 46.5 Å². The van der Waals surface area contributed by atoms with Gasteiger partial charge in [0.25, 0.3) is 5.69 Å². The molecule has 1 heterocycles. The number of non-ortho nitro benzene ring substituents is 1. The van der Waals surface area contributed by atoms with Crippen LogP contribution in [-0.4, -0.2) is 37.0 Å². The number of methoxy groups -OCH3 is 2. The Kier molecular flexibility index (Phi) is 8.30. The molecule has 2 aliphatic rings. The number of nitro benzene ring substituents is 1. The molecule has 2 aromatic rings. The number of ketones is 1. The van der Waals surface area contributed by atoms with Crippen molar-refractivity contribution in [3.63, 3.8) is 0 Å². The van der Waals surface area contributed by atoms with Gasteiger partial charge in [0.2, 0.25) is 0 Å². The lowest BCUT2D eigenvalue weighted by molar-refractivity contribution is -0.384. The number of Topliss-reactive ketones (excluding diaryl/α,β-unsaturated/α-hetero) is 1. The van der Waals surface area contributed by atoms with Gasteiger partial charge in [0.15, 0.2) is 17.3 Å². The summed E-state index contributed by atoms with van der Waals surface area (Å²) in [7, 11) is 3.11. The predicted molar refractivity (Wildman–Crippen MR) is 146 cm³/mol. The number of carbonyl (C=O) groups is 2. The van der Waals surface area contributed by atoms with Gasteiger partial charge >= 0.3 is 5.97 Å². The van der Waals surface area contributed by atoms with Gasteiger partial charge in [0.05, 0.1) is 30.8 Å². The van der Waals surface area contributed by atoms with E-state index in [-0.39, 0.29) is 40.5 Å². The van der Waals surface area contributed by atoms with Crippen LogP contribution in [0.25, 0.3) is 0 Å². The number of nitro groups is 1. The molecular formula is C29H31ClN2O7. The fourth-order valence-corrected chi connectivity index (χ4v) is 5.39. The average molecular weight is 555 g/mol. The zero-order valence-electron chi connectivity index (χ0n) is 22.5. The molecule has 4 rings (SSSR count). The van der Waals surface area contributed by atoms with Crippen molar-refractivity contribution >= 4 is 29.0 Å². The zero-order valence-corrected chi connectivity index (χ0v) is 23.3. The molecule has 0 fully saturated rings. The summed E-state index contributed by atoms with van der Waals surface area (Å²) in [5.41, 5.74) is 2.78. The van der Waals surface area contributed by atoms with Gasteiger partial charge in [-0.2, -0.15) is 0 Å². The summed E-state index contributed by atoms with van der Waals surface area (Å²) in [5.74, 6) is -0.704. The SMILES string of the molecule is CC[C@H](C)OC(=O)C1=C(C)NC2=C(C(=O)C[C@H](c3ccc(OC)c(OC)c3)C2)[C@H]1c1cc([N+](=O)[O-])ccc1Cl. The van der Waals surface area contributed by atoms with Crippen molar-refractivity contribution in [3.8, 4) is 11.5 Å². The number of hydrogen-bond donors (Lipinski definition) is 1. The minimum absolute atomic E-state index is 0.161. The molecule has 0 spiro atoms. The average Bonchev–Trinajstić information content (AvgIpc) is 2.91. The third kappa shape index (κ3) is 5.49. The van der Waals surface area contributed by atoms with Crippen LogP contribution < -0.4 is 14.8 Å². The van der Waals surface area contributed by atoms with Crippen LogP contribution in [0.5, 0.6) is 11.5 Å². The number of halogens is 1. The largest absolute Gasteiger partial charge is 0.493 e. The Balaban J connectivity index is 1.83. The van der Waals surface area contributed by atoms with Crippen molar-refractivity contribution in [2.45, 2.75) is 58.0 Å². The number of nitrogens with one attached hydrogen (secondary N) is 1. The number of carbonyl (C=O) groups excluding carboxylic acids is 2. The summed E-state index contributed by atoms with van der Waals surface area (Å²) in [4.78, 5) is 38.4. The van der Waals surface area contributed by atoms with Gasteiger partial charge in [-0.1, -0.05) is 24.6 Å². The molecule has 1 aliphatic heterocycles. The third-order valence-corrected chi connectivity index (χ3v) is 7.66. The molecule has 0 saturated heterocycles. The van der Waals surface area contributed by atoms with Crippen molar-refractivity contribution in [2.75, 3.05) is 14.2 Å². The van der Waals surface area contributed by atoms with Gasteiger partial charge in [-0.25, -0.2) is 4.79 Å². The van der Waals surface area contributed by atoms with Crippen molar-refractivity contribution in [2.24, 2.45) is 0 Å². The highest BCUT2D eigenvalue weighted by Gasteiger charge is 2.43. The number of hydrogen-bond acceptors (Lipinski definition) is 8. The lowest BCUT2D eigenvalue weighted by Gasteiger charge is -2.37. The van der Waals surface area contributed by atoms with E-state index in [4.69, 9.17) is 25.8 Å². The normalized spacial score (nSPS) is 19.7. The molecule has 10 heteroatoms. The fraction of sp³-hybridized carbons (Fsp3) is 0.379. The zero-order chi connectivity index (χ0) is 28.4. The maximum atomic E-state index is 13.9. The quantitative estimate of drug-likeness (QED) is 0.241. The Morgan fingerprint density at radius 3 is 2.51 bits per heavy atom. The van der Waals surface area contributed by atoms with E-state index in [1.165, 1.54) is 18.2 Å². The monoisotopic (exact) mass is 554 g/mol. The first-order chi connectivity index (χ1) is 18.6. The van der Waals surface area contributed by atoms with Crippen LogP contribution in [0.15, 0.2) is 58.9 Å². The Morgan fingerprint density at radius 1 is 1.15 bits per heavy atom. The minimum Gasteiger partial charge on any atom is -0.493 e. The maximum absolute atomic E-state index is 13.9. The molecule has 0 aromatic heterocycles. The van der Waals surface area contributed by atoms with Gasteiger partial charge in [0.1, 0.15) is 0 Å². The second-order valence-electron chi connectivity index (χ2n) is 9.72. The number of rotatable bonds is 8. The van der Waals surface area contributed by atoms with E-state index < -0.39 is 16.8 Å². The first-order valence-electron chi connectivity index (χ1n) is 12.7. The lowest BCUT2D eigenvalue weighted by Crippen LogP contribution is -2.36. The Morgan fingerprint density at radius 2 is 1.87 bits per heavy atom. The number of esters is 1. The molecule has 9 nitrogen and oxygen atoms in total. The van der Waals surface area contributed by atoms with Gasteiger partial charge < -0.3 is 19.5 Å². The number of benzene rings is 2. The molecule has 0 saturated carbocycles. The van der Waals surface area contributed by atoms with E-state index in [1.807, 2.05) is 19.1 Å². The second kappa shape index (κ2) is 11.5. The molecule has 0 unspecified atom stereocenters. The molecule has 0 bridgehead atoms. The minimum atomic E-state index is -0.913. The Hall–Kier alpha value is -3.85. The lowest BCUT2D eigenvalue weighted by atomic mass is 9.71. The number of nitrogens with zero attached hydrogens (tertiary/aromatic N) is 1.